The number of hydrogen-bond donors (Lipinski definition) is 1. The van der Waals surface area contributed by atoms with Gasteiger partial charge < -0.3 is 10.1 Å². The fourth-order valence-electron chi connectivity index (χ4n) is 2.46. The van der Waals surface area contributed by atoms with Crippen LogP contribution in [-0.4, -0.2) is 28.4 Å². The summed E-state index contributed by atoms with van der Waals surface area (Å²) in [6, 6.07) is 6.30. The number of aryl methyl sites for hydroxylation is 1. The van der Waals surface area contributed by atoms with Crippen LogP contribution in [0.3, 0.4) is 0 Å². The summed E-state index contributed by atoms with van der Waals surface area (Å²) in [5, 5.41) is 27.6. The van der Waals surface area contributed by atoms with Crippen LogP contribution in [0, 0.1) is 35.3 Å². The van der Waals surface area contributed by atoms with Crippen LogP contribution in [0.25, 0.3) is 0 Å². The summed E-state index contributed by atoms with van der Waals surface area (Å²) >= 11 is 0. The van der Waals surface area contributed by atoms with Crippen molar-refractivity contribution in [3.8, 4) is 6.07 Å². The SMILES string of the molecule is COCCn1nc(C)c(CNc2ccc(C#N)c([N+](=O)[O-])c2)c1C. The van der Waals surface area contributed by atoms with Crippen molar-refractivity contribution in [2.45, 2.75) is 26.9 Å². The molecule has 1 heterocycles. The van der Waals surface area contributed by atoms with Gasteiger partial charge in [0.05, 0.1) is 23.8 Å². The highest BCUT2D eigenvalue weighted by molar-refractivity contribution is 5.59. The third-order valence-electron chi connectivity index (χ3n) is 3.82. The monoisotopic (exact) mass is 329 g/mol. The van der Waals surface area contributed by atoms with Crippen molar-refractivity contribution in [2.75, 3.05) is 19.0 Å². The van der Waals surface area contributed by atoms with Gasteiger partial charge in [0.15, 0.2) is 0 Å². The number of methoxy groups -OCH3 is 1. The highest BCUT2D eigenvalue weighted by atomic mass is 16.6. The number of rotatable bonds is 7. The lowest BCUT2D eigenvalue weighted by Crippen LogP contribution is -2.08. The van der Waals surface area contributed by atoms with E-state index in [9.17, 15) is 10.1 Å². The van der Waals surface area contributed by atoms with Gasteiger partial charge in [-0.2, -0.15) is 10.4 Å². The van der Waals surface area contributed by atoms with E-state index in [1.54, 1.807) is 13.2 Å². The Morgan fingerprint density at radius 3 is 2.83 bits per heavy atom. The van der Waals surface area contributed by atoms with Crippen molar-refractivity contribution in [2.24, 2.45) is 0 Å². The molecule has 8 heteroatoms. The largest absolute Gasteiger partial charge is 0.383 e. The first-order valence-electron chi connectivity index (χ1n) is 7.42. The molecule has 0 atom stereocenters. The van der Waals surface area contributed by atoms with Gasteiger partial charge in [-0.15, -0.1) is 0 Å². The van der Waals surface area contributed by atoms with Crippen LogP contribution in [0.15, 0.2) is 18.2 Å². The molecular formula is C16H19N5O3. The predicted molar refractivity (Wildman–Crippen MR) is 88.7 cm³/mol. The molecule has 126 valence electrons. The number of anilines is 1. The maximum atomic E-state index is 11.0. The van der Waals surface area contributed by atoms with Crippen LogP contribution < -0.4 is 5.32 Å². The molecular weight excluding hydrogens is 310 g/mol. The van der Waals surface area contributed by atoms with E-state index in [1.165, 1.54) is 12.1 Å². The van der Waals surface area contributed by atoms with Gasteiger partial charge in [-0.25, -0.2) is 0 Å². The quantitative estimate of drug-likeness (QED) is 0.618. The van der Waals surface area contributed by atoms with Crippen molar-refractivity contribution < 1.29 is 9.66 Å². The molecule has 0 bridgehead atoms. The minimum Gasteiger partial charge on any atom is -0.383 e. The minimum atomic E-state index is -0.553. The number of nitro groups is 1. The Kier molecular flexibility index (Phi) is 5.50. The smallest absolute Gasteiger partial charge is 0.289 e. The van der Waals surface area contributed by atoms with Gasteiger partial charge in [0, 0.05) is 36.7 Å². The van der Waals surface area contributed by atoms with Crippen LogP contribution in [0.4, 0.5) is 11.4 Å². The maximum Gasteiger partial charge on any atom is 0.289 e. The third-order valence-corrected chi connectivity index (χ3v) is 3.82. The molecule has 0 saturated carbocycles. The minimum absolute atomic E-state index is 0.0466. The van der Waals surface area contributed by atoms with Crippen molar-refractivity contribution in [1.29, 1.82) is 5.26 Å². The molecule has 0 spiro atoms. The molecule has 0 unspecified atom stereocenters. The number of nitrogens with zero attached hydrogens (tertiary/aromatic N) is 4. The molecule has 0 amide bonds. The van der Waals surface area contributed by atoms with Gasteiger partial charge in [0.1, 0.15) is 11.6 Å². The molecule has 1 aromatic heterocycles. The van der Waals surface area contributed by atoms with Crippen LogP contribution in [0.1, 0.15) is 22.5 Å². The van der Waals surface area contributed by atoms with E-state index in [0.29, 0.717) is 25.4 Å². The average Bonchev–Trinajstić information content (AvgIpc) is 2.84. The first-order chi connectivity index (χ1) is 11.5. The fourth-order valence-corrected chi connectivity index (χ4v) is 2.46. The standard InChI is InChI=1S/C16H19N5O3/c1-11-15(12(2)20(19-11)6-7-24-3)10-18-14-5-4-13(9-17)16(8-14)21(22)23/h4-5,8,18H,6-7,10H2,1-3H3. The van der Waals surface area contributed by atoms with E-state index in [-0.39, 0.29) is 11.3 Å². The average molecular weight is 329 g/mol. The highest BCUT2D eigenvalue weighted by Gasteiger charge is 2.15. The first-order valence-corrected chi connectivity index (χ1v) is 7.42. The summed E-state index contributed by atoms with van der Waals surface area (Å²) in [5.41, 5.74) is 3.40. The number of ether oxygens (including phenoxy) is 1. The molecule has 0 saturated heterocycles. The molecule has 0 fully saturated rings. The van der Waals surface area contributed by atoms with Gasteiger partial charge in [0.25, 0.3) is 5.69 Å². The number of aromatic nitrogens is 2. The summed E-state index contributed by atoms with van der Waals surface area (Å²) in [7, 11) is 1.64. The van der Waals surface area contributed by atoms with Crippen molar-refractivity contribution in [3.05, 3.63) is 50.8 Å². The zero-order valence-corrected chi connectivity index (χ0v) is 13.9. The van der Waals surface area contributed by atoms with Crippen LogP contribution >= 0.6 is 0 Å². The first kappa shape index (κ1) is 17.4. The maximum absolute atomic E-state index is 11.0. The topological polar surface area (TPSA) is 106 Å². The Morgan fingerprint density at radius 2 is 2.21 bits per heavy atom. The Balaban J connectivity index is 2.17. The number of nitriles is 1. The summed E-state index contributed by atoms with van der Waals surface area (Å²) in [6.45, 7) is 5.65. The number of nitro benzene ring substituents is 1. The summed E-state index contributed by atoms with van der Waals surface area (Å²) in [6.07, 6.45) is 0. The normalized spacial score (nSPS) is 10.4. The molecule has 0 aliphatic heterocycles. The molecule has 0 radical (unpaired) electrons. The lowest BCUT2D eigenvalue weighted by Gasteiger charge is -2.08. The molecule has 2 rings (SSSR count). The van der Waals surface area contributed by atoms with Gasteiger partial charge >= 0.3 is 0 Å². The van der Waals surface area contributed by atoms with Gasteiger partial charge in [-0.3, -0.25) is 14.8 Å². The Hall–Kier alpha value is -2.92. The zero-order chi connectivity index (χ0) is 17.7. The summed E-state index contributed by atoms with van der Waals surface area (Å²) in [5.74, 6) is 0. The van der Waals surface area contributed by atoms with Crippen molar-refractivity contribution in [1.82, 2.24) is 9.78 Å². The van der Waals surface area contributed by atoms with Crippen molar-refractivity contribution >= 4 is 11.4 Å². The van der Waals surface area contributed by atoms with E-state index in [1.807, 2.05) is 24.6 Å². The molecule has 2 aromatic rings. The van der Waals surface area contributed by atoms with Crippen molar-refractivity contribution in [3.63, 3.8) is 0 Å². The fraction of sp³-hybridized carbons (Fsp3) is 0.375. The number of nitrogens with one attached hydrogen (secondary N) is 1. The van der Waals surface area contributed by atoms with Crippen LogP contribution in [-0.2, 0) is 17.8 Å². The van der Waals surface area contributed by atoms with Gasteiger partial charge in [-0.1, -0.05) is 0 Å². The van der Waals surface area contributed by atoms with E-state index >= 15 is 0 Å². The summed E-state index contributed by atoms with van der Waals surface area (Å²) < 4.78 is 6.96. The molecule has 1 aromatic carbocycles. The predicted octanol–water partition coefficient (Wildman–Crippen LogP) is 2.54. The van der Waals surface area contributed by atoms with E-state index in [0.717, 1.165) is 17.0 Å². The summed E-state index contributed by atoms with van der Waals surface area (Å²) in [4.78, 5) is 10.5. The lowest BCUT2D eigenvalue weighted by molar-refractivity contribution is -0.385. The molecule has 0 aliphatic rings. The Morgan fingerprint density at radius 1 is 1.46 bits per heavy atom. The van der Waals surface area contributed by atoms with Crippen LogP contribution in [0.2, 0.25) is 0 Å². The molecule has 0 aliphatic carbocycles. The highest BCUT2D eigenvalue weighted by Crippen LogP contribution is 2.23. The lowest BCUT2D eigenvalue weighted by atomic mass is 10.1. The van der Waals surface area contributed by atoms with Gasteiger partial charge in [-0.05, 0) is 26.0 Å². The molecule has 1 N–H and O–H groups in total. The number of benzene rings is 1. The molecule has 8 nitrogen and oxygen atoms in total. The third kappa shape index (κ3) is 3.70. The Labute approximate surface area is 139 Å². The molecule has 24 heavy (non-hydrogen) atoms. The zero-order valence-electron chi connectivity index (χ0n) is 13.9. The second-order valence-electron chi connectivity index (χ2n) is 5.32. The van der Waals surface area contributed by atoms with Gasteiger partial charge in [0.2, 0.25) is 0 Å². The van der Waals surface area contributed by atoms with E-state index in [2.05, 4.69) is 10.4 Å². The van der Waals surface area contributed by atoms with E-state index < -0.39 is 4.92 Å². The second-order valence-corrected chi connectivity index (χ2v) is 5.32. The van der Waals surface area contributed by atoms with E-state index in [4.69, 9.17) is 10.00 Å². The Bertz CT molecular complexity index is 792. The second kappa shape index (κ2) is 7.57. The number of hydrogen-bond acceptors (Lipinski definition) is 6. The van der Waals surface area contributed by atoms with Crippen LogP contribution in [0.5, 0.6) is 0 Å².